The summed E-state index contributed by atoms with van der Waals surface area (Å²) >= 11 is 8.28. The predicted octanol–water partition coefficient (Wildman–Crippen LogP) is 3.99. The van der Waals surface area contributed by atoms with Gasteiger partial charge in [-0.25, -0.2) is 8.42 Å². The van der Waals surface area contributed by atoms with E-state index in [0.717, 1.165) is 3.57 Å². The largest absolute Gasteiger partial charge is 0.495 e. The third-order valence-electron chi connectivity index (χ3n) is 4.63. The monoisotopic (exact) mass is 534 g/mol. The van der Waals surface area contributed by atoms with Crippen molar-refractivity contribution in [1.29, 1.82) is 0 Å². The lowest BCUT2D eigenvalue weighted by atomic mass is 9.99. The molecule has 1 aliphatic heterocycles. The Labute approximate surface area is 183 Å². The minimum atomic E-state index is -3.74. The van der Waals surface area contributed by atoms with Gasteiger partial charge in [-0.05, 0) is 77.9 Å². The Morgan fingerprint density at radius 3 is 2.61 bits per heavy atom. The molecule has 28 heavy (non-hydrogen) atoms. The van der Waals surface area contributed by atoms with E-state index in [1.54, 1.807) is 0 Å². The lowest BCUT2D eigenvalue weighted by molar-refractivity contribution is -0.120. The second-order valence-corrected chi connectivity index (χ2v) is 10.1. The van der Waals surface area contributed by atoms with E-state index in [-0.39, 0.29) is 22.4 Å². The Balaban J connectivity index is 1.73. The highest BCUT2D eigenvalue weighted by Gasteiger charge is 2.33. The topological polar surface area (TPSA) is 75.7 Å². The molecule has 150 valence electrons. The summed E-state index contributed by atoms with van der Waals surface area (Å²) in [5, 5.41) is 3.10. The van der Waals surface area contributed by atoms with Crippen molar-refractivity contribution in [3.8, 4) is 5.75 Å². The fourth-order valence-corrected chi connectivity index (χ4v) is 5.34. The third-order valence-corrected chi connectivity index (χ3v) is 7.50. The molecule has 0 radical (unpaired) electrons. The van der Waals surface area contributed by atoms with Crippen LogP contribution >= 0.6 is 34.2 Å². The standard InChI is InChI=1S/C19H20ClIN2O4S/c1-27-18-9-8-16(11-17(18)20)28(25,26)23-10-2-3-13(12-23)19(24)22-15-6-4-14(21)5-7-15/h4-9,11,13H,2-3,10,12H2,1H3,(H,22,24)/t13-/m1/s1. The molecule has 0 aliphatic carbocycles. The van der Waals surface area contributed by atoms with Crippen LogP contribution < -0.4 is 10.1 Å². The average Bonchev–Trinajstić information content (AvgIpc) is 2.69. The zero-order valence-electron chi connectivity index (χ0n) is 15.2. The van der Waals surface area contributed by atoms with Crippen LogP contribution in [0.15, 0.2) is 47.4 Å². The molecule has 0 aromatic heterocycles. The maximum Gasteiger partial charge on any atom is 0.243 e. The van der Waals surface area contributed by atoms with E-state index in [9.17, 15) is 13.2 Å². The first-order chi connectivity index (χ1) is 13.3. The van der Waals surface area contributed by atoms with Crippen LogP contribution in [-0.2, 0) is 14.8 Å². The second kappa shape index (κ2) is 8.98. The number of rotatable bonds is 5. The molecular weight excluding hydrogens is 515 g/mol. The first kappa shape index (κ1) is 21.4. The lowest BCUT2D eigenvalue weighted by Crippen LogP contribution is -2.43. The number of carbonyl (C=O) groups is 1. The van der Waals surface area contributed by atoms with E-state index in [0.29, 0.717) is 30.8 Å². The van der Waals surface area contributed by atoms with E-state index in [1.165, 1.54) is 29.6 Å². The van der Waals surface area contributed by atoms with Crippen molar-refractivity contribution in [2.75, 3.05) is 25.5 Å². The molecular formula is C19H20ClIN2O4S. The first-order valence-electron chi connectivity index (χ1n) is 8.71. The maximum atomic E-state index is 13.0. The highest BCUT2D eigenvalue weighted by Crippen LogP contribution is 2.30. The van der Waals surface area contributed by atoms with Gasteiger partial charge in [-0.2, -0.15) is 4.31 Å². The molecule has 6 nitrogen and oxygen atoms in total. The van der Waals surface area contributed by atoms with E-state index in [1.807, 2.05) is 24.3 Å². The van der Waals surface area contributed by atoms with Crippen LogP contribution in [0.4, 0.5) is 5.69 Å². The molecule has 2 aromatic rings. The molecule has 1 heterocycles. The summed E-state index contributed by atoms with van der Waals surface area (Å²) in [5.41, 5.74) is 0.701. The molecule has 1 atom stereocenters. The molecule has 9 heteroatoms. The zero-order chi connectivity index (χ0) is 20.3. The van der Waals surface area contributed by atoms with Gasteiger partial charge in [0.15, 0.2) is 0 Å². The number of sulfonamides is 1. The van der Waals surface area contributed by atoms with Gasteiger partial charge in [0, 0.05) is 22.3 Å². The van der Waals surface area contributed by atoms with Crippen molar-refractivity contribution in [3.63, 3.8) is 0 Å². The predicted molar refractivity (Wildman–Crippen MR) is 117 cm³/mol. The molecule has 0 unspecified atom stereocenters. The first-order valence-corrected chi connectivity index (χ1v) is 11.6. The number of hydrogen-bond acceptors (Lipinski definition) is 4. The summed E-state index contributed by atoms with van der Waals surface area (Å²) < 4.78 is 33.5. The molecule has 0 saturated carbocycles. The van der Waals surface area contributed by atoms with E-state index in [4.69, 9.17) is 16.3 Å². The number of halogens is 2. The van der Waals surface area contributed by atoms with Crippen molar-refractivity contribution in [2.24, 2.45) is 5.92 Å². The summed E-state index contributed by atoms with van der Waals surface area (Å²) in [7, 11) is -2.27. The normalized spacial score (nSPS) is 17.9. The van der Waals surface area contributed by atoms with E-state index in [2.05, 4.69) is 27.9 Å². The molecule has 0 spiro atoms. The number of ether oxygens (including phenoxy) is 1. The zero-order valence-corrected chi connectivity index (χ0v) is 18.9. The summed E-state index contributed by atoms with van der Waals surface area (Å²) in [6.45, 7) is 0.515. The van der Waals surface area contributed by atoms with Crippen LogP contribution in [-0.4, -0.2) is 38.8 Å². The Kier molecular flexibility index (Phi) is 6.85. The molecule has 1 amide bonds. The molecule has 1 N–H and O–H groups in total. The maximum absolute atomic E-state index is 13.0. The number of hydrogen-bond donors (Lipinski definition) is 1. The summed E-state index contributed by atoms with van der Waals surface area (Å²) in [6.07, 6.45) is 1.26. The number of amides is 1. The van der Waals surface area contributed by atoms with Gasteiger partial charge < -0.3 is 10.1 Å². The molecule has 1 saturated heterocycles. The van der Waals surface area contributed by atoms with Gasteiger partial charge >= 0.3 is 0 Å². The number of nitrogens with zero attached hydrogens (tertiary/aromatic N) is 1. The molecule has 1 fully saturated rings. The van der Waals surface area contributed by atoms with Crippen molar-refractivity contribution >= 4 is 55.8 Å². The summed E-state index contributed by atoms with van der Waals surface area (Å²) in [5.74, 6) is -0.167. The van der Waals surface area contributed by atoms with Crippen molar-refractivity contribution in [3.05, 3.63) is 51.1 Å². The third kappa shape index (κ3) is 4.79. The summed E-state index contributed by atoms with van der Waals surface area (Å²) in [4.78, 5) is 12.7. The SMILES string of the molecule is COc1ccc(S(=O)(=O)N2CCC[C@@H](C(=O)Nc3ccc(I)cc3)C2)cc1Cl. The number of carbonyl (C=O) groups excluding carboxylic acids is 1. The average molecular weight is 535 g/mol. The van der Waals surface area contributed by atoms with Gasteiger partial charge in [-0.1, -0.05) is 11.6 Å². The molecule has 1 aliphatic rings. The fraction of sp³-hybridized carbons (Fsp3) is 0.316. The number of anilines is 1. The smallest absolute Gasteiger partial charge is 0.243 e. The Morgan fingerprint density at radius 1 is 1.25 bits per heavy atom. The quantitative estimate of drug-likeness (QED) is 0.589. The van der Waals surface area contributed by atoms with Crippen LogP contribution in [0.25, 0.3) is 0 Å². The highest BCUT2D eigenvalue weighted by atomic mass is 127. The van der Waals surface area contributed by atoms with Crippen molar-refractivity contribution < 1.29 is 17.9 Å². The molecule has 0 bridgehead atoms. The van der Waals surface area contributed by atoms with Gasteiger partial charge in [0.2, 0.25) is 15.9 Å². The Morgan fingerprint density at radius 2 is 1.96 bits per heavy atom. The molecule has 3 rings (SSSR count). The number of piperidine rings is 1. The van der Waals surface area contributed by atoms with Gasteiger partial charge in [0.05, 0.1) is 22.9 Å². The van der Waals surface area contributed by atoms with Crippen LogP contribution in [0.2, 0.25) is 5.02 Å². The van der Waals surface area contributed by atoms with Crippen LogP contribution in [0, 0.1) is 9.49 Å². The summed E-state index contributed by atoms with van der Waals surface area (Å²) in [6, 6.07) is 11.8. The van der Waals surface area contributed by atoms with Crippen molar-refractivity contribution in [1.82, 2.24) is 4.31 Å². The van der Waals surface area contributed by atoms with Gasteiger partial charge in [0.1, 0.15) is 5.75 Å². The molecule has 2 aromatic carbocycles. The van der Waals surface area contributed by atoms with E-state index >= 15 is 0 Å². The van der Waals surface area contributed by atoms with E-state index < -0.39 is 15.9 Å². The van der Waals surface area contributed by atoms with Gasteiger partial charge in [-0.3, -0.25) is 4.79 Å². The Hall–Kier alpha value is -1.36. The number of benzene rings is 2. The van der Waals surface area contributed by atoms with Crippen LogP contribution in [0.3, 0.4) is 0 Å². The van der Waals surface area contributed by atoms with Crippen molar-refractivity contribution in [2.45, 2.75) is 17.7 Å². The number of nitrogens with one attached hydrogen (secondary N) is 1. The minimum Gasteiger partial charge on any atom is -0.495 e. The Bertz CT molecular complexity index is 966. The number of methoxy groups -OCH3 is 1. The fourth-order valence-electron chi connectivity index (χ4n) is 3.11. The second-order valence-electron chi connectivity index (χ2n) is 6.49. The van der Waals surface area contributed by atoms with Crippen LogP contribution in [0.5, 0.6) is 5.75 Å². The lowest BCUT2D eigenvalue weighted by Gasteiger charge is -2.31. The van der Waals surface area contributed by atoms with Gasteiger partial charge in [0.25, 0.3) is 0 Å². The van der Waals surface area contributed by atoms with Crippen LogP contribution in [0.1, 0.15) is 12.8 Å². The minimum absolute atomic E-state index is 0.0944. The highest BCUT2D eigenvalue weighted by molar-refractivity contribution is 14.1. The van der Waals surface area contributed by atoms with Gasteiger partial charge in [-0.15, -0.1) is 0 Å².